The van der Waals surface area contributed by atoms with Gasteiger partial charge >= 0.3 is 5.97 Å². The standard InChI is InChI=1S/C42H52O3S2/c1-5-8-10-12-14-16-24-42(25-17-15-13-11-9-6-2)37-28-31(39-33(30(4)43)22-26-46-39)18-20-34(37)35-21-19-32(29-38(35)42)40-36(23-27-47-40)41(44)45-7-3/h18-23,26-29H,5-17,24-25H2,1-4H3. The van der Waals surface area contributed by atoms with E-state index >= 15 is 0 Å². The van der Waals surface area contributed by atoms with Crippen LogP contribution in [0.25, 0.3) is 32.0 Å². The Bertz CT molecular complexity index is 1620. The first-order valence-corrected chi connectivity index (χ1v) is 19.8. The Hall–Kier alpha value is -3.02. The number of rotatable bonds is 19. The van der Waals surface area contributed by atoms with Crippen molar-refractivity contribution >= 4 is 34.4 Å². The lowest BCUT2D eigenvalue weighted by Gasteiger charge is -2.33. The van der Waals surface area contributed by atoms with Gasteiger partial charge in [0.2, 0.25) is 0 Å². The Kier molecular flexibility index (Phi) is 12.7. The molecule has 1 aliphatic carbocycles. The Morgan fingerprint density at radius 2 is 1.09 bits per heavy atom. The molecular formula is C42H52O3S2. The van der Waals surface area contributed by atoms with Gasteiger partial charge in [-0.25, -0.2) is 4.79 Å². The maximum absolute atomic E-state index is 12.9. The number of hydrogen-bond donors (Lipinski definition) is 0. The van der Waals surface area contributed by atoms with Crippen LogP contribution in [0.15, 0.2) is 59.3 Å². The van der Waals surface area contributed by atoms with Crippen molar-refractivity contribution in [2.45, 2.75) is 123 Å². The van der Waals surface area contributed by atoms with Crippen LogP contribution in [0.4, 0.5) is 0 Å². The second kappa shape index (κ2) is 16.9. The lowest BCUT2D eigenvalue weighted by atomic mass is 9.70. The van der Waals surface area contributed by atoms with Gasteiger partial charge in [-0.15, -0.1) is 22.7 Å². The fraction of sp³-hybridized carbons (Fsp3) is 0.476. The van der Waals surface area contributed by atoms with Crippen molar-refractivity contribution in [1.82, 2.24) is 0 Å². The van der Waals surface area contributed by atoms with Gasteiger partial charge in [0.05, 0.1) is 12.2 Å². The van der Waals surface area contributed by atoms with Gasteiger partial charge in [-0.1, -0.05) is 115 Å². The highest BCUT2D eigenvalue weighted by Crippen LogP contribution is 2.56. The van der Waals surface area contributed by atoms with Gasteiger partial charge in [-0.2, -0.15) is 0 Å². The highest BCUT2D eigenvalue weighted by atomic mass is 32.1. The van der Waals surface area contributed by atoms with Crippen LogP contribution < -0.4 is 0 Å². The molecule has 0 unspecified atom stereocenters. The van der Waals surface area contributed by atoms with Gasteiger partial charge in [-0.05, 0) is 95.1 Å². The average Bonchev–Trinajstić information content (AvgIpc) is 3.82. The molecule has 5 heteroatoms. The number of carbonyl (C=O) groups is 2. The molecule has 2 aromatic heterocycles. The minimum atomic E-state index is -0.250. The molecule has 2 aromatic carbocycles. The molecular weight excluding hydrogens is 617 g/mol. The van der Waals surface area contributed by atoms with Crippen LogP contribution in [0.1, 0.15) is 149 Å². The first-order chi connectivity index (χ1) is 22.9. The fourth-order valence-corrected chi connectivity index (χ4v) is 9.39. The van der Waals surface area contributed by atoms with Crippen molar-refractivity contribution in [2.24, 2.45) is 0 Å². The van der Waals surface area contributed by atoms with Gasteiger partial charge in [0.15, 0.2) is 5.78 Å². The van der Waals surface area contributed by atoms with Crippen LogP contribution >= 0.6 is 22.7 Å². The van der Waals surface area contributed by atoms with Crippen molar-refractivity contribution < 1.29 is 14.3 Å². The van der Waals surface area contributed by atoms with Gasteiger partial charge in [-0.3, -0.25) is 4.79 Å². The molecule has 0 atom stereocenters. The Labute approximate surface area is 290 Å². The van der Waals surface area contributed by atoms with Crippen molar-refractivity contribution in [3.05, 3.63) is 81.5 Å². The summed E-state index contributed by atoms with van der Waals surface area (Å²) in [6.45, 7) is 8.46. The second-order valence-electron chi connectivity index (χ2n) is 13.2. The third-order valence-electron chi connectivity index (χ3n) is 10.0. The summed E-state index contributed by atoms with van der Waals surface area (Å²) in [6, 6.07) is 17.7. The predicted molar refractivity (Wildman–Crippen MR) is 201 cm³/mol. The molecule has 3 nitrogen and oxygen atoms in total. The van der Waals surface area contributed by atoms with Crippen molar-refractivity contribution in [1.29, 1.82) is 0 Å². The van der Waals surface area contributed by atoms with Crippen molar-refractivity contribution in [2.75, 3.05) is 6.61 Å². The van der Waals surface area contributed by atoms with Crippen LogP contribution in [0, 0.1) is 0 Å². The van der Waals surface area contributed by atoms with Crippen molar-refractivity contribution in [3.8, 4) is 32.0 Å². The zero-order valence-corrected chi connectivity index (χ0v) is 30.6. The van der Waals surface area contributed by atoms with Gasteiger partial charge in [0, 0.05) is 20.7 Å². The smallest absolute Gasteiger partial charge is 0.339 e. The summed E-state index contributed by atoms with van der Waals surface area (Å²) in [6.07, 6.45) is 17.4. The number of ketones is 1. The van der Waals surface area contributed by atoms with E-state index in [4.69, 9.17) is 4.74 Å². The molecule has 2 heterocycles. The molecule has 250 valence electrons. The lowest BCUT2D eigenvalue weighted by Crippen LogP contribution is -2.25. The van der Waals surface area contributed by atoms with E-state index in [9.17, 15) is 9.59 Å². The molecule has 0 aliphatic heterocycles. The molecule has 5 rings (SSSR count). The fourth-order valence-electron chi connectivity index (χ4n) is 7.57. The summed E-state index contributed by atoms with van der Waals surface area (Å²) in [4.78, 5) is 27.6. The van der Waals surface area contributed by atoms with Crippen LogP contribution in [-0.4, -0.2) is 18.4 Å². The van der Waals surface area contributed by atoms with Crippen LogP contribution in [0.5, 0.6) is 0 Å². The minimum absolute atomic E-state index is 0.110. The highest BCUT2D eigenvalue weighted by molar-refractivity contribution is 7.14. The Morgan fingerprint density at radius 1 is 0.617 bits per heavy atom. The predicted octanol–water partition coefficient (Wildman–Crippen LogP) is 13.3. The molecule has 0 fully saturated rings. The van der Waals surface area contributed by atoms with E-state index in [1.807, 2.05) is 29.8 Å². The third kappa shape index (κ3) is 7.84. The van der Waals surface area contributed by atoms with Crippen LogP contribution in [0.2, 0.25) is 0 Å². The second-order valence-corrected chi connectivity index (χ2v) is 15.1. The van der Waals surface area contributed by atoms with Gasteiger partial charge in [0.25, 0.3) is 0 Å². The largest absolute Gasteiger partial charge is 0.462 e. The maximum Gasteiger partial charge on any atom is 0.339 e. The molecule has 0 N–H and O–H groups in total. The van der Waals surface area contributed by atoms with Gasteiger partial charge in [0.1, 0.15) is 0 Å². The summed E-state index contributed by atoms with van der Waals surface area (Å²) in [5.74, 6) is -0.131. The molecule has 0 bridgehead atoms. The lowest BCUT2D eigenvalue weighted by molar-refractivity contribution is 0.0527. The first kappa shape index (κ1) is 35.3. The topological polar surface area (TPSA) is 43.4 Å². The number of Topliss-reactive ketones (excluding diaryl/α,β-unsaturated/α-hetero) is 1. The first-order valence-electron chi connectivity index (χ1n) is 18.1. The number of fused-ring (bicyclic) bond motifs is 3. The molecule has 0 saturated carbocycles. The Morgan fingerprint density at radius 3 is 1.57 bits per heavy atom. The van der Waals surface area contributed by atoms with Gasteiger partial charge < -0.3 is 4.74 Å². The third-order valence-corrected chi connectivity index (χ3v) is 11.9. The number of carbonyl (C=O) groups excluding carboxylic acids is 2. The number of benzene rings is 2. The quantitative estimate of drug-likeness (QED) is 0.0567. The molecule has 4 aromatic rings. The molecule has 0 spiro atoms. The zero-order valence-electron chi connectivity index (χ0n) is 28.9. The highest BCUT2D eigenvalue weighted by Gasteiger charge is 2.43. The number of esters is 1. The maximum atomic E-state index is 12.9. The Balaban J connectivity index is 1.61. The number of hydrogen-bond acceptors (Lipinski definition) is 5. The van der Waals surface area contributed by atoms with E-state index in [-0.39, 0.29) is 17.2 Å². The van der Waals surface area contributed by atoms with E-state index in [1.54, 1.807) is 29.6 Å². The SMILES string of the molecule is CCCCCCCCC1(CCCCCCCC)c2cc(-c3sccc3C(C)=O)ccc2-c2ccc(-c3sccc3C(=O)OCC)cc21. The van der Waals surface area contributed by atoms with Crippen LogP contribution in [0.3, 0.4) is 0 Å². The summed E-state index contributed by atoms with van der Waals surface area (Å²) < 4.78 is 5.44. The van der Waals surface area contributed by atoms with E-state index in [1.165, 1.54) is 99.3 Å². The molecule has 0 radical (unpaired) electrons. The van der Waals surface area contributed by atoms with E-state index in [0.717, 1.165) is 39.3 Å². The summed E-state index contributed by atoms with van der Waals surface area (Å²) in [5.41, 5.74) is 9.08. The number of ether oxygens (including phenoxy) is 1. The minimum Gasteiger partial charge on any atom is -0.462 e. The zero-order chi connectivity index (χ0) is 33.2. The molecule has 0 saturated heterocycles. The summed E-state index contributed by atoms with van der Waals surface area (Å²) in [7, 11) is 0. The number of unbranched alkanes of at least 4 members (excludes halogenated alkanes) is 10. The summed E-state index contributed by atoms with van der Waals surface area (Å²) >= 11 is 3.28. The molecule has 1 aliphatic rings. The normalized spacial score (nSPS) is 13.0. The molecule has 47 heavy (non-hydrogen) atoms. The number of thiophene rings is 2. The average molecular weight is 669 g/mol. The van der Waals surface area contributed by atoms with E-state index < -0.39 is 0 Å². The van der Waals surface area contributed by atoms with E-state index in [0.29, 0.717) is 12.2 Å². The summed E-state index contributed by atoms with van der Waals surface area (Å²) in [5, 5.41) is 4.05. The molecule has 0 amide bonds. The van der Waals surface area contributed by atoms with E-state index in [2.05, 4.69) is 50.2 Å². The van der Waals surface area contributed by atoms with Crippen molar-refractivity contribution in [3.63, 3.8) is 0 Å². The van der Waals surface area contributed by atoms with Crippen LogP contribution in [-0.2, 0) is 10.2 Å². The monoisotopic (exact) mass is 668 g/mol.